The van der Waals surface area contributed by atoms with Crippen molar-refractivity contribution < 1.29 is 22.8 Å². The molecule has 1 aliphatic heterocycles. The zero-order chi connectivity index (χ0) is 24.2. The lowest BCUT2D eigenvalue weighted by Gasteiger charge is -2.40. The Labute approximate surface area is 198 Å². The molecular weight excluding hydrogens is 457 g/mol. The van der Waals surface area contributed by atoms with Crippen LogP contribution >= 0.6 is 11.6 Å². The highest BCUT2D eigenvalue weighted by Crippen LogP contribution is 2.36. The second-order valence-corrected chi connectivity index (χ2v) is 9.38. The summed E-state index contributed by atoms with van der Waals surface area (Å²) in [6, 6.07) is 3.42. The molecule has 3 rings (SSSR count). The average molecular weight is 489 g/mol. The summed E-state index contributed by atoms with van der Waals surface area (Å²) in [5.74, 6) is -0.253. The van der Waals surface area contributed by atoms with Crippen LogP contribution in [0.2, 0.25) is 5.02 Å². The van der Waals surface area contributed by atoms with Crippen molar-refractivity contribution in [1.29, 1.82) is 0 Å². The fourth-order valence-electron chi connectivity index (χ4n) is 4.63. The van der Waals surface area contributed by atoms with Crippen molar-refractivity contribution >= 4 is 29.1 Å². The summed E-state index contributed by atoms with van der Waals surface area (Å²) in [4.78, 5) is 31.3. The number of rotatable bonds is 6. The zero-order valence-electron chi connectivity index (χ0n) is 19.1. The molecule has 1 heterocycles. The number of alkyl halides is 3. The highest BCUT2D eigenvalue weighted by molar-refractivity contribution is 6.31. The van der Waals surface area contributed by atoms with Crippen LogP contribution in [0.15, 0.2) is 18.2 Å². The first-order valence-electron chi connectivity index (χ1n) is 11.5. The number of nitrogens with one attached hydrogen (secondary N) is 1. The Bertz CT molecular complexity index is 837. The van der Waals surface area contributed by atoms with Gasteiger partial charge >= 0.3 is 6.18 Å². The Morgan fingerprint density at radius 3 is 2.39 bits per heavy atom. The van der Waals surface area contributed by atoms with Crippen LogP contribution in [0.5, 0.6) is 0 Å². The molecule has 1 atom stereocenters. The van der Waals surface area contributed by atoms with E-state index in [4.69, 9.17) is 11.6 Å². The Morgan fingerprint density at radius 2 is 1.79 bits per heavy atom. The first-order valence-corrected chi connectivity index (χ1v) is 11.8. The third-order valence-corrected chi connectivity index (χ3v) is 7.03. The number of hydrogen-bond donors (Lipinski definition) is 1. The van der Waals surface area contributed by atoms with E-state index in [2.05, 4.69) is 10.2 Å². The number of nitrogens with zero attached hydrogens (tertiary/aromatic N) is 3. The minimum atomic E-state index is -4.59. The van der Waals surface area contributed by atoms with Gasteiger partial charge in [-0.1, -0.05) is 30.9 Å². The average Bonchev–Trinajstić information content (AvgIpc) is 2.79. The summed E-state index contributed by atoms with van der Waals surface area (Å²) in [6.45, 7) is 4.51. The molecule has 0 unspecified atom stereocenters. The number of carbonyl (C=O) groups is 2. The fraction of sp³-hybridized carbons (Fsp3) is 0.652. The molecule has 1 aliphatic carbocycles. The second-order valence-electron chi connectivity index (χ2n) is 8.97. The molecule has 0 bridgehead atoms. The van der Waals surface area contributed by atoms with Crippen molar-refractivity contribution in [2.75, 3.05) is 45.1 Å². The van der Waals surface area contributed by atoms with Crippen LogP contribution in [0.3, 0.4) is 0 Å². The van der Waals surface area contributed by atoms with E-state index < -0.39 is 16.8 Å². The molecule has 0 radical (unpaired) electrons. The highest BCUT2D eigenvalue weighted by atomic mass is 35.5. The first kappa shape index (κ1) is 25.8. The maximum Gasteiger partial charge on any atom is 0.417 e. The zero-order valence-corrected chi connectivity index (χ0v) is 19.9. The summed E-state index contributed by atoms with van der Waals surface area (Å²) >= 11 is 5.63. The van der Waals surface area contributed by atoms with Gasteiger partial charge in [0.2, 0.25) is 11.8 Å². The molecule has 1 saturated carbocycles. The molecule has 0 spiro atoms. The second kappa shape index (κ2) is 11.1. The number of amides is 2. The number of halogens is 4. The van der Waals surface area contributed by atoms with Crippen molar-refractivity contribution in [2.45, 2.75) is 57.3 Å². The number of benzene rings is 1. The standard InChI is InChI=1S/C23H32ClF3N4O2/c1-16(22(33)29(2)18-6-4-3-5-7-18)31-12-10-30(11-13-31)15-21(32)28-17-8-9-20(24)19(14-17)23(25,26)27/h8-9,14,16,18H,3-7,10-13,15H2,1-2H3,(H,28,32)/t16-/m1/s1. The molecule has 10 heteroatoms. The van der Waals surface area contributed by atoms with Gasteiger partial charge in [-0.15, -0.1) is 0 Å². The Hall–Kier alpha value is -1.84. The molecule has 1 aromatic rings. The van der Waals surface area contributed by atoms with E-state index in [1.54, 1.807) is 0 Å². The Balaban J connectivity index is 1.47. The van der Waals surface area contributed by atoms with Crippen LogP contribution in [0, 0.1) is 0 Å². The van der Waals surface area contributed by atoms with Crippen molar-refractivity contribution in [3.8, 4) is 0 Å². The minimum Gasteiger partial charge on any atom is -0.341 e. The molecule has 2 fully saturated rings. The molecular formula is C23H32ClF3N4O2. The molecule has 1 N–H and O–H groups in total. The number of likely N-dealkylation sites (N-methyl/N-ethyl adjacent to an activating group) is 1. The molecule has 2 amide bonds. The molecule has 1 saturated heterocycles. The maximum absolute atomic E-state index is 13.0. The molecule has 6 nitrogen and oxygen atoms in total. The monoisotopic (exact) mass is 488 g/mol. The minimum absolute atomic E-state index is 0.0559. The lowest BCUT2D eigenvalue weighted by molar-refractivity contribution is -0.139. The third-order valence-electron chi connectivity index (χ3n) is 6.70. The van der Waals surface area contributed by atoms with E-state index in [9.17, 15) is 22.8 Å². The number of anilines is 1. The van der Waals surface area contributed by atoms with Gasteiger partial charge in [0.1, 0.15) is 0 Å². The lowest BCUT2D eigenvalue weighted by Crippen LogP contribution is -2.56. The summed E-state index contributed by atoms with van der Waals surface area (Å²) in [5, 5.41) is 2.11. The van der Waals surface area contributed by atoms with Gasteiger partial charge in [-0.2, -0.15) is 13.2 Å². The van der Waals surface area contributed by atoms with Crippen LogP contribution in [-0.2, 0) is 15.8 Å². The Morgan fingerprint density at radius 1 is 1.15 bits per heavy atom. The smallest absolute Gasteiger partial charge is 0.341 e. The third kappa shape index (κ3) is 6.83. The SMILES string of the molecule is C[C@H](C(=O)N(C)C1CCCCC1)N1CCN(CC(=O)Nc2ccc(Cl)c(C(F)(F)F)c2)CC1. The van der Waals surface area contributed by atoms with Gasteiger partial charge in [-0.05, 0) is 38.0 Å². The van der Waals surface area contributed by atoms with E-state index in [1.165, 1.54) is 25.3 Å². The van der Waals surface area contributed by atoms with Crippen LogP contribution in [-0.4, -0.2) is 78.4 Å². The molecule has 33 heavy (non-hydrogen) atoms. The van der Waals surface area contributed by atoms with Gasteiger partial charge < -0.3 is 10.2 Å². The van der Waals surface area contributed by atoms with Gasteiger partial charge in [-0.3, -0.25) is 19.4 Å². The summed E-state index contributed by atoms with van der Waals surface area (Å²) < 4.78 is 39.0. The number of piperazine rings is 1. The van der Waals surface area contributed by atoms with Crippen molar-refractivity contribution in [3.05, 3.63) is 28.8 Å². The number of carbonyl (C=O) groups excluding carboxylic acids is 2. The molecule has 2 aliphatic rings. The van der Waals surface area contributed by atoms with Crippen LogP contribution < -0.4 is 5.32 Å². The molecule has 0 aromatic heterocycles. The van der Waals surface area contributed by atoms with Gasteiger partial charge in [0.15, 0.2) is 0 Å². The molecule has 1 aromatic carbocycles. The first-order chi connectivity index (χ1) is 15.6. The quantitative estimate of drug-likeness (QED) is 0.655. The maximum atomic E-state index is 13.0. The van der Waals surface area contributed by atoms with Gasteiger partial charge in [0, 0.05) is 45.0 Å². The topological polar surface area (TPSA) is 55.9 Å². The highest BCUT2D eigenvalue weighted by Gasteiger charge is 2.34. The van der Waals surface area contributed by atoms with Crippen LogP contribution in [0.25, 0.3) is 0 Å². The van der Waals surface area contributed by atoms with E-state index in [1.807, 2.05) is 23.8 Å². The fourth-order valence-corrected chi connectivity index (χ4v) is 4.86. The number of hydrogen-bond acceptors (Lipinski definition) is 4. The van der Waals surface area contributed by atoms with Crippen LogP contribution in [0.4, 0.5) is 18.9 Å². The lowest BCUT2D eigenvalue weighted by atomic mass is 9.94. The van der Waals surface area contributed by atoms with Gasteiger partial charge in [-0.25, -0.2) is 0 Å². The van der Waals surface area contributed by atoms with Crippen molar-refractivity contribution in [3.63, 3.8) is 0 Å². The van der Waals surface area contributed by atoms with Gasteiger partial charge in [0.25, 0.3) is 0 Å². The normalized spacial score (nSPS) is 19.8. The molecule has 184 valence electrons. The van der Waals surface area contributed by atoms with Crippen molar-refractivity contribution in [1.82, 2.24) is 14.7 Å². The largest absolute Gasteiger partial charge is 0.417 e. The summed E-state index contributed by atoms with van der Waals surface area (Å²) in [5.41, 5.74) is -0.923. The van der Waals surface area contributed by atoms with E-state index >= 15 is 0 Å². The Kier molecular flexibility index (Phi) is 8.64. The van der Waals surface area contributed by atoms with Crippen molar-refractivity contribution in [2.24, 2.45) is 0 Å². The van der Waals surface area contributed by atoms with Crippen LogP contribution in [0.1, 0.15) is 44.6 Å². The van der Waals surface area contributed by atoms with E-state index in [0.717, 1.165) is 25.0 Å². The summed E-state index contributed by atoms with van der Waals surface area (Å²) in [7, 11) is 1.90. The van der Waals surface area contributed by atoms with Gasteiger partial charge in [0.05, 0.1) is 23.2 Å². The van der Waals surface area contributed by atoms with E-state index in [0.29, 0.717) is 32.2 Å². The summed E-state index contributed by atoms with van der Waals surface area (Å²) in [6.07, 6.45) is 1.13. The predicted octanol–water partition coefficient (Wildman–Crippen LogP) is 4.09. The van der Waals surface area contributed by atoms with E-state index in [-0.39, 0.29) is 30.1 Å². The predicted molar refractivity (Wildman–Crippen MR) is 122 cm³/mol.